The number of amides is 1. The SMILES string of the molecule is Cc1ccc2nc(CSCC(=O)N[C@H](C)c3ccc(C)c(C)c3)cc(=O)n2c1. The number of thioether (sulfide) groups is 1. The molecule has 1 N–H and O–H groups in total. The number of carbonyl (C=O) groups is 1. The molecule has 0 saturated heterocycles. The zero-order valence-electron chi connectivity index (χ0n) is 16.7. The fraction of sp³-hybridized carbons (Fsp3) is 0.318. The molecule has 0 aliphatic rings. The van der Waals surface area contributed by atoms with Crippen LogP contribution in [-0.2, 0) is 10.5 Å². The number of nitrogens with zero attached hydrogens (tertiary/aromatic N) is 2. The molecule has 6 heteroatoms. The molecule has 146 valence electrons. The summed E-state index contributed by atoms with van der Waals surface area (Å²) < 4.78 is 1.54. The molecule has 1 aromatic carbocycles. The molecule has 1 atom stereocenters. The summed E-state index contributed by atoms with van der Waals surface area (Å²) in [4.78, 5) is 29.0. The number of carbonyl (C=O) groups excluding carboxylic acids is 1. The summed E-state index contributed by atoms with van der Waals surface area (Å²) in [6.07, 6.45) is 1.78. The first-order valence-electron chi connectivity index (χ1n) is 9.26. The van der Waals surface area contributed by atoms with Crippen LogP contribution in [0.25, 0.3) is 5.65 Å². The lowest BCUT2D eigenvalue weighted by Crippen LogP contribution is -2.28. The molecule has 3 aromatic rings. The van der Waals surface area contributed by atoms with E-state index in [1.807, 2.05) is 26.0 Å². The molecule has 0 aliphatic carbocycles. The number of benzene rings is 1. The maximum atomic E-state index is 12.3. The monoisotopic (exact) mass is 395 g/mol. The van der Waals surface area contributed by atoms with E-state index < -0.39 is 0 Å². The topological polar surface area (TPSA) is 63.5 Å². The summed E-state index contributed by atoms with van der Waals surface area (Å²) in [6.45, 7) is 8.07. The van der Waals surface area contributed by atoms with Gasteiger partial charge < -0.3 is 5.32 Å². The smallest absolute Gasteiger partial charge is 0.258 e. The van der Waals surface area contributed by atoms with Crippen LogP contribution in [0.4, 0.5) is 0 Å². The third-order valence-corrected chi connectivity index (χ3v) is 5.72. The molecule has 0 bridgehead atoms. The van der Waals surface area contributed by atoms with Gasteiger partial charge in [-0.15, -0.1) is 11.8 Å². The third kappa shape index (κ3) is 4.81. The highest BCUT2D eigenvalue weighted by molar-refractivity contribution is 7.99. The molecule has 0 saturated carbocycles. The Kier molecular flexibility index (Phi) is 6.19. The third-order valence-electron chi connectivity index (χ3n) is 4.75. The fourth-order valence-corrected chi connectivity index (χ4v) is 3.71. The van der Waals surface area contributed by atoms with E-state index in [1.54, 1.807) is 10.6 Å². The van der Waals surface area contributed by atoms with Crippen molar-refractivity contribution in [1.82, 2.24) is 14.7 Å². The van der Waals surface area contributed by atoms with Crippen LogP contribution >= 0.6 is 11.8 Å². The summed E-state index contributed by atoms with van der Waals surface area (Å²) in [5, 5.41) is 3.03. The van der Waals surface area contributed by atoms with Gasteiger partial charge in [-0.25, -0.2) is 4.98 Å². The lowest BCUT2D eigenvalue weighted by molar-refractivity contribution is -0.119. The lowest BCUT2D eigenvalue weighted by atomic mass is 10.0. The van der Waals surface area contributed by atoms with E-state index in [2.05, 4.69) is 42.3 Å². The van der Waals surface area contributed by atoms with Crippen molar-refractivity contribution in [2.75, 3.05) is 5.75 Å². The van der Waals surface area contributed by atoms with Gasteiger partial charge in [-0.3, -0.25) is 14.0 Å². The first-order valence-corrected chi connectivity index (χ1v) is 10.4. The number of pyridine rings is 1. The van der Waals surface area contributed by atoms with Crippen LogP contribution < -0.4 is 10.9 Å². The largest absolute Gasteiger partial charge is 0.349 e. The van der Waals surface area contributed by atoms with Crippen molar-refractivity contribution in [3.63, 3.8) is 0 Å². The Balaban J connectivity index is 1.56. The Morgan fingerprint density at radius 2 is 1.93 bits per heavy atom. The highest BCUT2D eigenvalue weighted by Gasteiger charge is 2.11. The predicted octanol–water partition coefficient (Wildman–Crippen LogP) is 3.73. The van der Waals surface area contributed by atoms with E-state index >= 15 is 0 Å². The average molecular weight is 396 g/mol. The van der Waals surface area contributed by atoms with Crippen molar-refractivity contribution in [2.45, 2.75) is 39.5 Å². The molecule has 0 fully saturated rings. The molecule has 0 radical (unpaired) electrons. The predicted molar refractivity (Wildman–Crippen MR) is 115 cm³/mol. The van der Waals surface area contributed by atoms with Crippen LogP contribution in [-0.4, -0.2) is 21.0 Å². The summed E-state index contributed by atoms with van der Waals surface area (Å²) >= 11 is 1.45. The second-order valence-corrected chi connectivity index (χ2v) is 8.13. The first kappa shape index (κ1) is 20.1. The zero-order chi connectivity index (χ0) is 20.3. The van der Waals surface area contributed by atoms with Crippen LogP contribution in [0.15, 0.2) is 47.4 Å². The number of nitrogens with one attached hydrogen (secondary N) is 1. The average Bonchev–Trinajstić information content (AvgIpc) is 2.64. The Hall–Kier alpha value is -2.60. The molecule has 2 heterocycles. The van der Waals surface area contributed by atoms with Crippen LogP contribution in [0.5, 0.6) is 0 Å². The molecule has 0 unspecified atom stereocenters. The standard InChI is InChI=1S/C22H25N3O2S/c1-14-5-8-20-24-19(10-22(27)25(20)11-14)12-28-13-21(26)23-17(4)18-7-6-15(2)16(3)9-18/h5-11,17H,12-13H2,1-4H3,(H,23,26)/t17-/m1/s1. The fourth-order valence-electron chi connectivity index (χ4n) is 2.98. The summed E-state index contributed by atoms with van der Waals surface area (Å²) in [5.74, 6) is 0.818. The summed E-state index contributed by atoms with van der Waals surface area (Å²) in [5.41, 5.74) is 5.78. The van der Waals surface area contributed by atoms with Gasteiger partial charge in [0.05, 0.1) is 17.5 Å². The van der Waals surface area contributed by atoms with Gasteiger partial charge in [0.1, 0.15) is 5.65 Å². The van der Waals surface area contributed by atoms with Crippen LogP contribution in [0.3, 0.4) is 0 Å². The second-order valence-electron chi connectivity index (χ2n) is 7.15. The van der Waals surface area contributed by atoms with Crippen molar-refractivity contribution in [2.24, 2.45) is 0 Å². The molecule has 5 nitrogen and oxygen atoms in total. The minimum Gasteiger partial charge on any atom is -0.349 e. The van der Waals surface area contributed by atoms with Gasteiger partial charge in [-0.1, -0.05) is 24.3 Å². The summed E-state index contributed by atoms with van der Waals surface area (Å²) in [6, 6.07) is 11.5. The molecule has 28 heavy (non-hydrogen) atoms. The van der Waals surface area contributed by atoms with Crippen LogP contribution in [0, 0.1) is 20.8 Å². The van der Waals surface area contributed by atoms with Crippen molar-refractivity contribution in [3.8, 4) is 0 Å². The Morgan fingerprint density at radius 1 is 1.14 bits per heavy atom. The molecule has 3 rings (SSSR count). The molecule has 2 aromatic heterocycles. The maximum Gasteiger partial charge on any atom is 0.258 e. The van der Waals surface area contributed by atoms with Gasteiger partial charge in [0.15, 0.2) is 0 Å². The van der Waals surface area contributed by atoms with E-state index in [9.17, 15) is 9.59 Å². The first-order chi connectivity index (χ1) is 13.3. The Bertz CT molecular complexity index is 1080. The minimum absolute atomic E-state index is 0.0242. The summed E-state index contributed by atoms with van der Waals surface area (Å²) in [7, 11) is 0. The number of aryl methyl sites for hydroxylation is 3. The normalized spacial score (nSPS) is 12.1. The van der Waals surface area contributed by atoms with Crippen molar-refractivity contribution in [1.29, 1.82) is 0 Å². The van der Waals surface area contributed by atoms with Crippen LogP contribution in [0.1, 0.15) is 40.9 Å². The Labute approximate surface area is 169 Å². The molecule has 1 amide bonds. The van der Waals surface area contributed by atoms with E-state index in [0.29, 0.717) is 22.8 Å². The van der Waals surface area contributed by atoms with Gasteiger partial charge in [-0.2, -0.15) is 0 Å². The number of hydrogen-bond acceptors (Lipinski definition) is 4. The molecular formula is C22H25N3O2S. The van der Waals surface area contributed by atoms with Gasteiger partial charge in [0.25, 0.3) is 5.56 Å². The quantitative estimate of drug-likeness (QED) is 0.691. The number of rotatable bonds is 6. The second kappa shape index (κ2) is 8.61. The molecule has 0 spiro atoms. The van der Waals surface area contributed by atoms with E-state index in [1.165, 1.54) is 29.0 Å². The van der Waals surface area contributed by atoms with E-state index in [4.69, 9.17) is 0 Å². The zero-order valence-corrected chi connectivity index (χ0v) is 17.5. The van der Waals surface area contributed by atoms with Crippen molar-refractivity contribution >= 4 is 23.3 Å². The van der Waals surface area contributed by atoms with Crippen LogP contribution in [0.2, 0.25) is 0 Å². The number of aromatic nitrogens is 2. The molecular weight excluding hydrogens is 370 g/mol. The van der Waals surface area contributed by atoms with E-state index in [-0.39, 0.29) is 17.5 Å². The van der Waals surface area contributed by atoms with E-state index in [0.717, 1.165) is 11.1 Å². The van der Waals surface area contributed by atoms with Crippen molar-refractivity contribution < 1.29 is 4.79 Å². The Morgan fingerprint density at radius 3 is 2.68 bits per heavy atom. The lowest BCUT2D eigenvalue weighted by Gasteiger charge is -2.15. The van der Waals surface area contributed by atoms with Crippen molar-refractivity contribution in [3.05, 3.63) is 80.9 Å². The number of fused-ring (bicyclic) bond motifs is 1. The maximum absolute atomic E-state index is 12.3. The molecule has 0 aliphatic heterocycles. The number of hydrogen-bond donors (Lipinski definition) is 1. The highest BCUT2D eigenvalue weighted by Crippen LogP contribution is 2.17. The van der Waals surface area contributed by atoms with Gasteiger partial charge in [-0.05, 0) is 56.0 Å². The van der Waals surface area contributed by atoms with Gasteiger partial charge in [0.2, 0.25) is 5.91 Å². The minimum atomic E-state index is -0.0999. The van der Waals surface area contributed by atoms with Gasteiger partial charge in [0, 0.05) is 18.0 Å². The highest BCUT2D eigenvalue weighted by atomic mass is 32.2. The van der Waals surface area contributed by atoms with Gasteiger partial charge >= 0.3 is 0 Å².